The molecule has 9 heteroatoms. The highest BCUT2D eigenvalue weighted by atomic mass is 16.6. The van der Waals surface area contributed by atoms with E-state index in [9.17, 15) is 14.7 Å². The molecule has 1 aromatic heterocycles. The van der Waals surface area contributed by atoms with Gasteiger partial charge in [0.25, 0.3) is 0 Å². The first-order valence-corrected chi connectivity index (χ1v) is 9.84. The van der Waals surface area contributed by atoms with E-state index in [4.69, 9.17) is 9.47 Å². The van der Waals surface area contributed by atoms with E-state index in [0.29, 0.717) is 25.1 Å². The highest BCUT2D eigenvalue weighted by molar-refractivity contribution is 5.87. The van der Waals surface area contributed by atoms with Gasteiger partial charge in [0.1, 0.15) is 5.60 Å². The van der Waals surface area contributed by atoms with E-state index in [1.807, 2.05) is 25.5 Å². The minimum Gasteiger partial charge on any atom is -0.476 e. The fourth-order valence-electron chi connectivity index (χ4n) is 3.60. The number of aromatic nitrogens is 2. The molecule has 3 rings (SSSR count). The minimum absolute atomic E-state index is 0.0367. The molecule has 0 saturated carbocycles. The Bertz CT molecular complexity index is 719. The number of carbonyl (C=O) groups excluding carboxylic acids is 1. The van der Waals surface area contributed by atoms with Gasteiger partial charge in [-0.05, 0) is 27.2 Å². The van der Waals surface area contributed by atoms with Crippen molar-refractivity contribution < 1.29 is 24.2 Å². The Hall–Kier alpha value is -2.13. The minimum atomic E-state index is -1.06. The van der Waals surface area contributed by atoms with Crippen molar-refractivity contribution in [3.63, 3.8) is 0 Å². The van der Waals surface area contributed by atoms with Crippen molar-refractivity contribution in [1.29, 1.82) is 0 Å². The summed E-state index contributed by atoms with van der Waals surface area (Å²) in [6.07, 6.45) is 1.05. The van der Waals surface area contributed by atoms with Crippen LogP contribution >= 0.6 is 0 Å². The quantitative estimate of drug-likeness (QED) is 0.810. The van der Waals surface area contributed by atoms with Gasteiger partial charge in [-0.15, -0.1) is 0 Å². The predicted molar refractivity (Wildman–Crippen MR) is 101 cm³/mol. The van der Waals surface area contributed by atoms with Crippen molar-refractivity contribution in [3.05, 3.63) is 17.0 Å². The van der Waals surface area contributed by atoms with E-state index >= 15 is 0 Å². The van der Waals surface area contributed by atoms with Crippen LogP contribution in [0, 0.1) is 0 Å². The number of carboxylic acids is 1. The number of aryl methyl sites for hydroxylation is 1. The summed E-state index contributed by atoms with van der Waals surface area (Å²) in [5.74, 6) is -1.06. The molecule has 1 fully saturated rings. The number of nitrogens with zero attached hydrogens (tertiary/aromatic N) is 4. The number of hydrogen-bond acceptors (Lipinski definition) is 6. The number of ether oxygens (including phenoxy) is 2. The highest BCUT2D eigenvalue weighted by Crippen LogP contribution is 2.24. The summed E-state index contributed by atoms with van der Waals surface area (Å²) in [6.45, 7) is 11.2. The van der Waals surface area contributed by atoms with Gasteiger partial charge in [-0.1, -0.05) is 0 Å². The fraction of sp³-hybridized carbons (Fsp3) is 0.737. The van der Waals surface area contributed by atoms with E-state index in [-0.39, 0.29) is 12.2 Å². The van der Waals surface area contributed by atoms with Gasteiger partial charge in [-0.25, -0.2) is 9.59 Å². The number of rotatable bonds is 5. The van der Waals surface area contributed by atoms with Crippen LogP contribution in [0.2, 0.25) is 0 Å². The molecular formula is C19H30N4O5. The zero-order valence-electron chi connectivity index (χ0n) is 16.9. The van der Waals surface area contributed by atoms with E-state index in [1.165, 1.54) is 0 Å². The summed E-state index contributed by atoms with van der Waals surface area (Å²) in [5.41, 5.74) is 0.987. The van der Waals surface area contributed by atoms with Crippen LogP contribution in [0.4, 0.5) is 4.79 Å². The van der Waals surface area contributed by atoms with E-state index in [1.54, 1.807) is 4.90 Å². The molecule has 156 valence electrons. The number of amides is 1. The summed E-state index contributed by atoms with van der Waals surface area (Å²) in [6, 6.07) is 0. The smallest absolute Gasteiger partial charge is 0.410 e. The van der Waals surface area contributed by atoms with E-state index in [0.717, 1.165) is 45.0 Å². The Labute approximate surface area is 165 Å². The lowest BCUT2D eigenvalue weighted by atomic mass is 10.1. The van der Waals surface area contributed by atoms with Gasteiger partial charge in [-0.2, -0.15) is 5.10 Å². The second-order valence-electron chi connectivity index (χ2n) is 8.26. The van der Waals surface area contributed by atoms with Gasteiger partial charge in [0.05, 0.1) is 19.8 Å². The first kappa shape index (κ1) is 20.6. The Morgan fingerprint density at radius 2 is 1.89 bits per heavy atom. The Morgan fingerprint density at radius 1 is 1.18 bits per heavy atom. The van der Waals surface area contributed by atoms with E-state index < -0.39 is 17.7 Å². The van der Waals surface area contributed by atoms with Crippen LogP contribution in [-0.4, -0.2) is 81.7 Å². The van der Waals surface area contributed by atoms with Crippen molar-refractivity contribution in [2.45, 2.75) is 52.3 Å². The number of morpholine rings is 1. The number of carbonyl (C=O) groups is 2. The molecule has 2 aliphatic heterocycles. The summed E-state index contributed by atoms with van der Waals surface area (Å²) in [5, 5.41) is 13.9. The molecular weight excluding hydrogens is 364 g/mol. The zero-order valence-corrected chi connectivity index (χ0v) is 16.9. The summed E-state index contributed by atoms with van der Waals surface area (Å²) in [4.78, 5) is 28.0. The number of fused-ring (bicyclic) bond motifs is 1. The van der Waals surface area contributed by atoms with Crippen LogP contribution in [0.3, 0.4) is 0 Å². The van der Waals surface area contributed by atoms with Crippen LogP contribution in [0.5, 0.6) is 0 Å². The van der Waals surface area contributed by atoms with Gasteiger partial charge in [0, 0.05) is 50.4 Å². The fourth-order valence-corrected chi connectivity index (χ4v) is 3.60. The molecule has 3 heterocycles. The third-order valence-corrected chi connectivity index (χ3v) is 4.94. The van der Waals surface area contributed by atoms with Crippen molar-refractivity contribution in [2.24, 2.45) is 0 Å². The molecule has 0 atom stereocenters. The predicted octanol–water partition coefficient (Wildman–Crippen LogP) is 1.60. The third-order valence-electron chi connectivity index (χ3n) is 4.94. The van der Waals surface area contributed by atoms with Gasteiger partial charge in [0.15, 0.2) is 5.69 Å². The van der Waals surface area contributed by atoms with Crippen LogP contribution < -0.4 is 0 Å². The molecule has 0 aromatic carbocycles. The lowest BCUT2D eigenvalue weighted by Gasteiger charge is -2.30. The summed E-state index contributed by atoms with van der Waals surface area (Å²) in [7, 11) is 0. The normalized spacial score (nSPS) is 18.0. The Kier molecular flexibility index (Phi) is 6.24. The SMILES string of the molecule is CC(C)(C)OC(=O)N1CCc2c(c(C(=O)O)nn2CCCN2CCOCC2)C1. The molecule has 0 bridgehead atoms. The molecule has 0 unspecified atom stereocenters. The van der Waals surface area contributed by atoms with Gasteiger partial charge in [-0.3, -0.25) is 9.58 Å². The average molecular weight is 394 g/mol. The first-order valence-electron chi connectivity index (χ1n) is 9.84. The van der Waals surface area contributed by atoms with Crippen LogP contribution in [0.15, 0.2) is 0 Å². The molecule has 28 heavy (non-hydrogen) atoms. The van der Waals surface area contributed by atoms with Crippen LogP contribution in [-0.2, 0) is 29.0 Å². The molecule has 1 N–H and O–H groups in total. The number of aromatic carboxylic acids is 1. The van der Waals surface area contributed by atoms with Crippen LogP contribution in [0.1, 0.15) is 48.9 Å². The van der Waals surface area contributed by atoms with Gasteiger partial charge in [0.2, 0.25) is 0 Å². The maximum absolute atomic E-state index is 12.4. The second kappa shape index (κ2) is 8.48. The molecule has 0 spiro atoms. The molecule has 1 saturated heterocycles. The monoisotopic (exact) mass is 394 g/mol. The first-order chi connectivity index (χ1) is 13.2. The van der Waals surface area contributed by atoms with Crippen molar-refractivity contribution in [1.82, 2.24) is 19.6 Å². The van der Waals surface area contributed by atoms with Gasteiger partial charge < -0.3 is 19.5 Å². The van der Waals surface area contributed by atoms with Gasteiger partial charge >= 0.3 is 12.1 Å². The number of hydrogen-bond donors (Lipinski definition) is 1. The maximum Gasteiger partial charge on any atom is 0.410 e. The lowest BCUT2D eigenvalue weighted by Crippen LogP contribution is -2.40. The summed E-state index contributed by atoms with van der Waals surface area (Å²) >= 11 is 0. The topological polar surface area (TPSA) is 97.1 Å². The number of carboxylic acid groups (broad SMARTS) is 1. The van der Waals surface area contributed by atoms with Crippen molar-refractivity contribution in [3.8, 4) is 0 Å². The third kappa shape index (κ3) is 5.02. The summed E-state index contributed by atoms with van der Waals surface area (Å²) < 4.78 is 12.6. The molecule has 2 aliphatic rings. The molecule has 0 radical (unpaired) electrons. The molecule has 0 aliphatic carbocycles. The molecule has 1 aromatic rings. The van der Waals surface area contributed by atoms with E-state index in [2.05, 4.69) is 10.00 Å². The van der Waals surface area contributed by atoms with Crippen molar-refractivity contribution >= 4 is 12.1 Å². The lowest BCUT2D eigenvalue weighted by molar-refractivity contribution is 0.0220. The average Bonchev–Trinajstić information content (AvgIpc) is 2.99. The standard InChI is InChI=1S/C19H30N4O5/c1-19(2,3)28-18(26)22-8-5-15-14(13-22)16(17(24)25)20-23(15)7-4-6-21-9-11-27-12-10-21/h4-13H2,1-3H3,(H,24,25). The Morgan fingerprint density at radius 3 is 2.54 bits per heavy atom. The largest absolute Gasteiger partial charge is 0.476 e. The van der Waals surface area contributed by atoms with Crippen molar-refractivity contribution in [2.75, 3.05) is 39.4 Å². The zero-order chi connectivity index (χ0) is 20.3. The highest BCUT2D eigenvalue weighted by Gasteiger charge is 2.32. The van der Waals surface area contributed by atoms with Crippen LogP contribution in [0.25, 0.3) is 0 Å². The Balaban J connectivity index is 1.67. The molecule has 1 amide bonds. The second-order valence-corrected chi connectivity index (χ2v) is 8.26. The molecule has 9 nitrogen and oxygen atoms in total. The maximum atomic E-state index is 12.4.